The van der Waals surface area contributed by atoms with Gasteiger partial charge in [0.15, 0.2) is 23.0 Å². The number of hydrogen-bond acceptors (Lipinski definition) is 6. The minimum absolute atomic E-state index is 0.192. The number of methoxy groups -OCH3 is 1. The van der Waals surface area contributed by atoms with Gasteiger partial charge in [0.1, 0.15) is 19.0 Å². The molecule has 0 saturated heterocycles. The predicted octanol–water partition coefficient (Wildman–Crippen LogP) is 6.15. The molecule has 1 N–H and O–H groups in total. The molecule has 4 aromatic carbocycles. The molecule has 7 nitrogen and oxygen atoms in total. The Labute approximate surface area is 226 Å². The Morgan fingerprint density at radius 2 is 1.51 bits per heavy atom. The number of nitrogens with zero attached hydrogens (tertiary/aromatic N) is 1. The van der Waals surface area contributed by atoms with Gasteiger partial charge in [0.05, 0.1) is 19.9 Å². The molecule has 0 aliphatic carbocycles. The van der Waals surface area contributed by atoms with Crippen molar-refractivity contribution in [1.82, 2.24) is 5.43 Å². The van der Waals surface area contributed by atoms with Crippen LogP contribution in [0.25, 0.3) is 0 Å². The van der Waals surface area contributed by atoms with Crippen LogP contribution in [0.1, 0.15) is 34.0 Å². The zero-order valence-electron chi connectivity index (χ0n) is 21.7. The van der Waals surface area contributed by atoms with Crippen LogP contribution in [-0.4, -0.2) is 25.8 Å². The highest BCUT2D eigenvalue weighted by Gasteiger charge is 2.12. The maximum absolute atomic E-state index is 13.4. The number of rotatable bonds is 12. The molecule has 8 heteroatoms. The van der Waals surface area contributed by atoms with E-state index in [0.29, 0.717) is 52.9 Å². The van der Waals surface area contributed by atoms with Gasteiger partial charge >= 0.3 is 0 Å². The van der Waals surface area contributed by atoms with E-state index in [4.69, 9.17) is 18.9 Å². The molecule has 0 fully saturated rings. The summed E-state index contributed by atoms with van der Waals surface area (Å²) in [5.41, 5.74) is 5.32. The Morgan fingerprint density at radius 1 is 0.795 bits per heavy atom. The number of benzene rings is 4. The molecule has 4 aromatic rings. The van der Waals surface area contributed by atoms with Gasteiger partial charge in [-0.1, -0.05) is 42.5 Å². The number of carbonyl (C=O) groups is 1. The molecule has 0 saturated carbocycles. The van der Waals surface area contributed by atoms with Gasteiger partial charge in [0.2, 0.25) is 0 Å². The van der Waals surface area contributed by atoms with E-state index >= 15 is 0 Å². The smallest absolute Gasteiger partial charge is 0.271 e. The van der Waals surface area contributed by atoms with Crippen LogP contribution in [0.2, 0.25) is 0 Å². The summed E-state index contributed by atoms with van der Waals surface area (Å²) in [7, 11) is 1.52. The molecule has 0 heterocycles. The predicted molar refractivity (Wildman–Crippen MR) is 147 cm³/mol. The van der Waals surface area contributed by atoms with E-state index in [0.717, 1.165) is 5.56 Å². The van der Waals surface area contributed by atoms with Crippen molar-refractivity contribution >= 4 is 12.1 Å². The molecule has 0 bridgehead atoms. The molecule has 0 spiro atoms. The average Bonchev–Trinajstić information content (AvgIpc) is 2.96. The standard InChI is InChI=1S/C31H29FN2O5/c1-3-37-30-18-25(13-15-28(30)38-20-22-8-5-4-6-9-22)31(35)34-33-19-23-12-14-27(29(17-23)36-2)39-21-24-10-7-11-26(32)16-24/h4-19H,3,20-21H2,1-2H3,(H,34,35)/b33-19+. The highest BCUT2D eigenvalue weighted by Crippen LogP contribution is 2.30. The molecule has 39 heavy (non-hydrogen) atoms. The first kappa shape index (κ1) is 27.2. The zero-order chi connectivity index (χ0) is 27.5. The van der Waals surface area contributed by atoms with Crippen molar-refractivity contribution in [2.24, 2.45) is 5.10 Å². The molecular formula is C31H29FN2O5. The van der Waals surface area contributed by atoms with E-state index in [1.54, 1.807) is 48.5 Å². The van der Waals surface area contributed by atoms with E-state index in [1.165, 1.54) is 25.5 Å². The molecule has 1 amide bonds. The number of hydrogen-bond donors (Lipinski definition) is 1. The fraction of sp³-hybridized carbons (Fsp3) is 0.161. The normalized spacial score (nSPS) is 10.7. The second-order valence-corrected chi connectivity index (χ2v) is 8.40. The van der Waals surface area contributed by atoms with E-state index in [-0.39, 0.29) is 12.4 Å². The lowest BCUT2D eigenvalue weighted by molar-refractivity contribution is 0.0954. The largest absolute Gasteiger partial charge is 0.493 e. The van der Waals surface area contributed by atoms with Crippen LogP contribution in [-0.2, 0) is 13.2 Å². The molecule has 0 atom stereocenters. The number of hydrazone groups is 1. The first-order chi connectivity index (χ1) is 19.1. The lowest BCUT2D eigenvalue weighted by Crippen LogP contribution is -2.17. The lowest BCUT2D eigenvalue weighted by atomic mass is 10.2. The van der Waals surface area contributed by atoms with Gasteiger partial charge in [0.25, 0.3) is 5.91 Å². The first-order valence-electron chi connectivity index (χ1n) is 12.4. The van der Waals surface area contributed by atoms with Crippen molar-refractivity contribution in [1.29, 1.82) is 0 Å². The van der Waals surface area contributed by atoms with Crippen LogP contribution in [0.15, 0.2) is 96.1 Å². The minimum Gasteiger partial charge on any atom is -0.493 e. The molecule has 0 radical (unpaired) electrons. The fourth-order valence-corrected chi connectivity index (χ4v) is 3.67. The summed E-state index contributed by atoms with van der Waals surface area (Å²) in [5, 5.41) is 4.07. The van der Waals surface area contributed by atoms with E-state index < -0.39 is 5.91 Å². The van der Waals surface area contributed by atoms with Crippen LogP contribution in [0, 0.1) is 5.82 Å². The summed E-state index contributed by atoms with van der Waals surface area (Å²) in [4.78, 5) is 12.7. The SMILES string of the molecule is CCOc1cc(C(=O)N/N=C/c2ccc(OCc3cccc(F)c3)c(OC)c2)ccc1OCc1ccccc1. The third-order valence-electron chi connectivity index (χ3n) is 5.59. The second kappa shape index (κ2) is 13.6. The number of amides is 1. The van der Waals surface area contributed by atoms with Gasteiger partial charge in [-0.15, -0.1) is 0 Å². The maximum Gasteiger partial charge on any atom is 0.271 e. The van der Waals surface area contributed by atoms with Crippen molar-refractivity contribution in [3.8, 4) is 23.0 Å². The minimum atomic E-state index is -0.399. The van der Waals surface area contributed by atoms with Gasteiger partial charge < -0.3 is 18.9 Å². The van der Waals surface area contributed by atoms with Crippen LogP contribution in [0.5, 0.6) is 23.0 Å². The van der Waals surface area contributed by atoms with Crippen molar-refractivity contribution < 1.29 is 28.1 Å². The Hall–Kier alpha value is -4.85. The van der Waals surface area contributed by atoms with Crippen LogP contribution in [0.4, 0.5) is 4.39 Å². The third kappa shape index (κ3) is 7.82. The monoisotopic (exact) mass is 528 g/mol. The number of ether oxygens (including phenoxy) is 4. The molecule has 0 aromatic heterocycles. The Morgan fingerprint density at radius 3 is 2.26 bits per heavy atom. The van der Waals surface area contributed by atoms with E-state index in [2.05, 4.69) is 10.5 Å². The molecule has 0 unspecified atom stereocenters. The van der Waals surface area contributed by atoms with Gasteiger partial charge in [-0.05, 0) is 72.1 Å². The van der Waals surface area contributed by atoms with Crippen LogP contribution in [0.3, 0.4) is 0 Å². The molecule has 200 valence electrons. The highest BCUT2D eigenvalue weighted by atomic mass is 19.1. The second-order valence-electron chi connectivity index (χ2n) is 8.40. The van der Waals surface area contributed by atoms with E-state index in [9.17, 15) is 9.18 Å². The zero-order valence-corrected chi connectivity index (χ0v) is 21.7. The summed E-state index contributed by atoms with van der Waals surface area (Å²) < 4.78 is 36.2. The fourth-order valence-electron chi connectivity index (χ4n) is 3.67. The summed E-state index contributed by atoms with van der Waals surface area (Å²) in [6, 6.07) is 26.2. The van der Waals surface area contributed by atoms with Crippen LogP contribution < -0.4 is 24.4 Å². The van der Waals surface area contributed by atoms with Gasteiger partial charge in [-0.3, -0.25) is 4.79 Å². The summed E-state index contributed by atoms with van der Waals surface area (Å²) >= 11 is 0. The number of halogens is 1. The van der Waals surface area contributed by atoms with Gasteiger partial charge in [-0.2, -0.15) is 5.10 Å². The van der Waals surface area contributed by atoms with Crippen molar-refractivity contribution in [3.05, 3.63) is 119 Å². The molecule has 0 aliphatic heterocycles. The molecule has 4 rings (SSSR count). The third-order valence-corrected chi connectivity index (χ3v) is 5.59. The molecule has 0 aliphatic rings. The summed E-state index contributed by atoms with van der Waals surface area (Å²) in [6.07, 6.45) is 1.50. The highest BCUT2D eigenvalue weighted by molar-refractivity contribution is 5.95. The average molecular weight is 529 g/mol. The van der Waals surface area contributed by atoms with Gasteiger partial charge in [0, 0.05) is 5.56 Å². The number of nitrogens with one attached hydrogen (secondary N) is 1. The van der Waals surface area contributed by atoms with Crippen molar-refractivity contribution in [2.45, 2.75) is 20.1 Å². The molecular weight excluding hydrogens is 499 g/mol. The van der Waals surface area contributed by atoms with E-state index in [1.807, 2.05) is 37.3 Å². The Balaban J connectivity index is 1.37. The Kier molecular flexibility index (Phi) is 9.50. The maximum atomic E-state index is 13.4. The summed E-state index contributed by atoms with van der Waals surface area (Å²) in [6.45, 7) is 2.87. The quantitative estimate of drug-likeness (QED) is 0.176. The number of carbonyl (C=O) groups excluding carboxylic acids is 1. The Bertz CT molecular complexity index is 1430. The van der Waals surface area contributed by atoms with Crippen molar-refractivity contribution in [2.75, 3.05) is 13.7 Å². The van der Waals surface area contributed by atoms with Gasteiger partial charge in [-0.25, -0.2) is 9.82 Å². The lowest BCUT2D eigenvalue weighted by Gasteiger charge is -2.13. The first-order valence-corrected chi connectivity index (χ1v) is 12.4. The topological polar surface area (TPSA) is 78.4 Å². The van der Waals surface area contributed by atoms with Crippen LogP contribution >= 0.6 is 0 Å². The van der Waals surface area contributed by atoms with Crippen molar-refractivity contribution in [3.63, 3.8) is 0 Å². The summed E-state index contributed by atoms with van der Waals surface area (Å²) in [5.74, 6) is 1.29.